The first-order valence-corrected chi connectivity index (χ1v) is 11.0. The van der Waals surface area contributed by atoms with Crippen molar-refractivity contribution in [2.75, 3.05) is 7.05 Å². The Morgan fingerprint density at radius 3 is 2.97 bits per heavy atom. The number of amides is 1. The van der Waals surface area contributed by atoms with Crippen LogP contribution in [-0.2, 0) is 17.8 Å². The number of hydrogen-bond donors (Lipinski definition) is 2. The first-order chi connectivity index (χ1) is 14.3. The maximum atomic E-state index is 12.2. The maximum Gasteiger partial charge on any atom is 0.225 e. The molecule has 1 saturated carbocycles. The molecule has 0 saturated heterocycles. The third-order valence-corrected chi connectivity index (χ3v) is 6.69. The van der Waals surface area contributed by atoms with E-state index in [1.54, 1.807) is 30.1 Å². The summed E-state index contributed by atoms with van der Waals surface area (Å²) in [4.78, 5) is 21.5. The van der Waals surface area contributed by atoms with Gasteiger partial charge in [0.05, 0.1) is 17.7 Å². The van der Waals surface area contributed by atoms with Crippen molar-refractivity contribution in [3.63, 3.8) is 0 Å². The number of halogens is 2. The van der Waals surface area contributed by atoms with Gasteiger partial charge in [-0.2, -0.15) is 5.10 Å². The van der Waals surface area contributed by atoms with Gasteiger partial charge in [-0.1, -0.05) is 18.5 Å². The van der Waals surface area contributed by atoms with Crippen molar-refractivity contribution in [1.82, 2.24) is 25.1 Å². The summed E-state index contributed by atoms with van der Waals surface area (Å²) in [6.07, 6.45) is 5.15. The summed E-state index contributed by atoms with van der Waals surface area (Å²) >= 11 is 9.70. The number of aliphatic hydroxyl groups is 1. The maximum absolute atomic E-state index is 12.2. The lowest BCUT2D eigenvalue weighted by molar-refractivity contribution is -0.129. The fourth-order valence-corrected chi connectivity index (χ4v) is 5.02. The second kappa shape index (κ2) is 8.24. The van der Waals surface area contributed by atoms with Gasteiger partial charge in [0.25, 0.3) is 0 Å². The van der Waals surface area contributed by atoms with Crippen molar-refractivity contribution in [1.29, 1.82) is 0 Å². The summed E-state index contributed by atoms with van der Waals surface area (Å²) in [5.41, 5.74) is 1.77. The highest BCUT2D eigenvalue weighted by Crippen LogP contribution is 2.42. The minimum atomic E-state index is -0.324. The molecule has 0 radical (unpaired) electrons. The average molecular weight is 493 g/mol. The molecule has 1 aliphatic carbocycles. The van der Waals surface area contributed by atoms with E-state index in [1.807, 2.05) is 13.0 Å². The molecule has 4 rings (SSSR count). The number of carbonyl (C=O) groups is 1. The monoisotopic (exact) mass is 491 g/mol. The second-order valence-electron chi connectivity index (χ2n) is 8.15. The highest BCUT2D eigenvalue weighted by molar-refractivity contribution is 9.10. The Kier molecular flexibility index (Phi) is 5.83. The van der Waals surface area contributed by atoms with Crippen LogP contribution in [0.1, 0.15) is 37.6 Å². The van der Waals surface area contributed by atoms with E-state index in [1.165, 1.54) is 0 Å². The highest BCUT2D eigenvalue weighted by Gasteiger charge is 2.40. The third kappa shape index (κ3) is 3.96. The van der Waals surface area contributed by atoms with Gasteiger partial charge < -0.3 is 10.4 Å². The molecule has 0 bridgehead atoms. The van der Waals surface area contributed by atoms with Crippen LogP contribution in [0.2, 0.25) is 5.02 Å². The lowest BCUT2D eigenvalue weighted by Crippen LogP contribution is -2.35. The number of rotatable bonds is 5. The number of fused-ring (bicyclic) bond motifs is 1. The molecule has 1 aromatic carbocycles. The Morgan fingerprint density at radius 2 is 2.23 bits per heavy atom. The number of carbonyl (C=O) groups excluding carboxylic acids is 1. The number of aromatic nitrogens is 4. The smallest absolute Gasteiger partial charge is 0.225 e. The number of aliphatic hydroxyl groups excluding tert-OH is 1. The summed E-state index contributed by atoms with van der Waals surface area (Å²) in [5.74, 6) is 1.19. The topological polar surface area (TPSA) is 92.9 Å². The third-order valence-electron chi connectivity index (χ3n) is 5.89. The van der Waals surface area contributed by atoms with Gasteiger partial charge in [0.2, 0.25) is 5.91 Å². The molecule has 9 heteroatoms. The molecule has 7 nitrogen and oxygen atoms in total. The largest absolute Gasteiger partial charge is 0.392 e. The summed E-state index contributed by atoms with van der Waals surface area (Å²) < 4.78 is 2.35. The van der Waals surface area contributed by atoms with Crippen molar-refractivity contribution in [3.8, 4) is 5.69 Å². The van der Waals surface area contributed by atoms with Gasteiger partial charge in [0.1, 0.15) is 10.4 Å². The zero-order chi connectivity index (χ0) is 21.5. The van der Waals surface area contributed by atoms with Crippen LogP contribution in [0.3, 0.4) is 0 Å². The van der Waals surface area contributed by atoms with E-state index in [0.29, 0.717) is 33.2 Å². The van der Waals surface area contributed by atoms with Crippen molar-refractivity contribution >= 4 is 44.5 Å². The minimum Gasteiger partial charge on any atom is -0.392 e. The summed E-state index contributed by atoms with van der Waals surface area (Å²) in [6, 6.07) is 5.33. The molecule has 1 amide bonds. The molecule has 2 aromatic heterocycles. The van der Waals surface area contributed by atoms with E-state index in [2.05, 4.69) is 31.3 Å². The highest BCUT2D eigenvalue weighted by atomic mass is 79.9. The minimum absolute atomic E-state index is 0.101. The summed E-state index contributed by atoms with van der Waals surface area (Å²) in [5, 5.41) is 18.1. The SMILES string of the molecule is CNC(=O)C1(C)CC[C@@H](Cc2ncc3c(Br)nn(-c4cc(Cl)cc(CO)c4)c3n2)C1. The molecule has 30 heavy (non-hydrogen) atoms. The Hall–Kier alpha value is -2.03. The van der Waals surface area contributed by atoms with Crippen molar-refractivity contribution in [2.45, 2.75) is 39.2 Å². The molecule has 3 aromatic rings. The predicted octanol–water partition coefficient (Wildman–Crippen LogP) is 3.82. The molecular weight excluding hydrogens is 470 g/mol. The first-order valence-electron chi connectivity index (χ1n) is 9.86. The molecule has 0 spiro atoms. The van der Waals surface area contributed by atoms with Crippen LogP contribution in [-0.4, -0.2) is 37.8 Å². The van der Waals surface area contributed by atoms with E-state index in [4.69, 9.17) is 16.6 Å². The lowest BCUT2D eigenvalue weighted by atomic mass is 9.86. The summed E-state index contributed by atoms with van der Waals surface area (Å²) in [6.45, 7) is 1.92. The Balaban J connectivity index is 1.66. The van der Waals surface area contributed by atoms with Gasteiger partial charge in [-0.25, -0.2) is 14.6 Å². The van der Waals surface area contributed by atoms with Crippen LogP contribution >= 0.6 is 27.5 Å². The fraction of sp³-hybridized carbons (Fsp3) is 0.429. The molecule has 2 N–H and O–H groups in total. The molecule has 1 aliphatic rings. The van der Waals surface area contributed by atoms with Crippen LogP contribution in [0.5, 0.6) is 0 Å². The van der Waals surface area contributed by atoms with E-state index >= 15 is 0 Å². The number of nitrogens with one attached hydrogen (secondary N) is 1. The van der Waals surface area contributed by atoms with Crippen LogP contribution in [0, 0.1) is 11.3 Å². The van der Waals surface area contributed by atoms with Crippen LogP contribution in [0.15, 0.2) is 29.0 Å². The fourth-order valence-electron chi connectivity index (χ4n) is 4.33. The number of nitrogens with zero attached hydrogens (tertiary/aromatic N) is 4. The molecule has 1 fully saturated rings. The summed E-state index contributed by atoms with van der Waals surface area (Å²) in [7, 11) is 1.69. The second-order valence-corrected chi connectivity index (χ2v) is 9.34. The molecular formula is C21H23BrClN5O2. The van der Waals surface area contributed by atoms with Crippen LogP contribution in [0.25, 0.3) is 16.7 Å². The predicted molar refractivity (Wildman–Crippen MR) is 119 cm³/mol. The van der Waals surface area contributed by atoms with E-state index < -0.39 is 0 Å². The van der Waals surface area contributed by atoms with Gasteiger partial charge in [-0.15, -0.1) is 0 Å². The normalized spacial score (nSPS) is 21.3. The van der Waals surface area contributed by atoms with Crippen molar-refractivity contribution in [2.24, 2.45) is 11.3 Å². The van der Waals surface area contributed by atoms with Gasteiger partial charge in [-0.05, 0) is 64.9 Å². The average Bonchev–Trinajstić information content (AvgIpc) is 3.27. The Labute approximate surface area is 188 Å². The lowest BCUT2D eigenvalue weighted by Gasteiger charge is -2.21. The zero-order valence-corrected chi connectivity index (χ0v) is 19.2. The quantitative estimate of drug-likeness (QED) is 0.565. The standard InChI is InChI=1S/C21H23BrClN5O2/c1-21(20(30)24-2)4-3-12(9-21)7-17-25-10-16-18(22)27-28(19(16)26-17)15-6-13(11-29)5-14(23)8-15/h5-6,8,10,12,29H,3-4,7,9,11H2,1-2H3,(H,24,30)/t12-,21?/m0/s1. The molecule has 0 aliphatic heterocycles. The van der Waals surface area contributed by atoms with Gasteiger partial charge in [-0.3, -0.25) is 4.79 Å². The van der Waals surface area contributed by atoms with Gasteiger partial charge >= 0.3 is 0 Å². The van der Waals surface area contributed by atoms with E-state index in [0.717, 1.165) is 36.2 Å². The van der Waals surface area contributed by atoms with Gasteiger partial charge in [0, 0.05) is 30.1 Å². The van der Waals surface area contributed by atoms with E-state index in [-0.39, 0.29) is 17.9 Å². The van der Waals surface area contributed by atoms with Crippen molar-refractivity contribution in [3.05, 3.63) is 45.4 Å². The van der Waals surface area contributed by atoms with Gasteiger partial charge in [0.15, 0.2) is 5.65 Å². The number of hydrogen-bond acceptors (Lipinski definition) is 5. The Morgan fingerprint density at radius 1 is 1.43 bits per heavy atom. The first kappa shape index (κ1) is 21.2. The Bertz CT molecular complexity index is 1120. The van der Waals surface area contributed by atoms with Crippen LogP contribution < -0.4 is 5.32 Å². The molecule has 1 unspecified atom stereocenters. The molecule has 2 atom stereocenters. The number of benzene rings is 1. The van der Waals surface area contributed by atoms with Crippen molar-refractivity contribution < 1.29 is 9.90 Å². The zero-order valence-electron chi connectivity index (χ0n) is 16.8. The van der Waals surface area contributed by atoms with Crippen LogP contribution in [0.4, 0.5) is 0 Å². The molecule has 2 heterocycles. The molecule has 158 valence electrons. The van der Waals surface area contributed by atoms with E-state index in [9.17, 15) is 9.90 Å².